The number of nitrogens with zero attached hydrogens (tertiary/aromatic N) is 2. The SMILES string of the molecule is CCCC(CS)(CCC)Cn1cncc(I)c1=O. The minimum Gasteiger partial charge on any atom is -0.298 e. The summed E-state index contributed by atoms with van der Waals surface area (Å²) >= 11 is 6.56. The Morgan fingerprint density at radius 2 is 2.00 bits per heavy atom. The highest BCUT2D eigenvalue weighted by Crippen LogP contribution is 2.32. The van der Waals surface area contributed by atoms with Crippen LogP contribution < -0.4 is 5.56 Å². The third-order valence-electron chi connectivity index (χ3n) is 3.26. The van der Waals surface area contributed by atoms with E-state index in [2.05, 4.69) is 31.5 Å². The fraction of sp³-hybridized carbons (Fsp3) is 0.692. The monoisotopic (exact) mass is 380 g/mol. The normalized spacial score (nSPS) is 11.8. The summed E-state index contributed by atoms with van der Waals surface area (Å²) < 4.78 is 2.42. The molecule has 0 aromatic carbocycles. The molecule has 1 heterocycles. The third-order valence-corrected chi connectivity index (χ3v) is 4.67. The zero-order valence-electron chi connectivity index (χ0n) is 11.0. The van der Waals surface area contributed by atoms with Crippen LogP contribution in [0.25, 0.3) is 0 Å². The summed E-state index contributed by atoms with van der Waals surface area (Å²) in [5.74, 6) is 0.812. The Bertz CT molecular complexity index is 427. The molecule has 1 aromatic heterocycles. The van der Waals surface area contributed by atoms with Gasteiger partial charge >= 0.3 is 0 Å². The van der Waals surface area contributed by atoms with Crippen LogP contribution in [-0.2, 0) is 6.54 Å². The minimum atomic E-state index is 0.0592. The number of rotatable bonds is 7. The average Bonchev–Trinajstić information content (AvgIpc) is 2.35. The Hall–Kier alpha value is -0.0400. The van der Waals surface area contributed by atoms with Crippen LogP contribution in [0.3, 0.4) is 0 Å². The predicted molar refractivity (Wildman–Crippen MR) is 87.3 cm³/mol. The molecule has 0 spiro atoms. The van der Waals surface area contributed by atoms with Gasteiger partial charge in [0.25, 0.3) is 5.56 Å². The summed E-state index contributed by atoms with van der Waals surface area (Å²) in [7, 11) is 0. The van der Waals surface area contributed by atoms with Gasteiger partial charge in [0.1, 0.15) is 0 Å². The highest BCUT2D eigenvalue weighted by Gasteiger charge is 2.28. The molecule has 102 valence electrons. The van der Waals surface area contributed by atoms with Gasteiger partial charge in [-0.1, -0.05) is 26.7 Å². The van der Waals surface area contributed by atoms with Crippen molar-refractivity contribution in [3.8, 4) is 0 Å². The zero-order valence-corrected chi connectivity index (χ0v) is 14.1. The summed E-state index contributed by atoms with van der Waals surface area (Å²) in [4.78, 5) is 16.2. The van der Waals surface area contributed by atoms with E-state index in [0.29, 0.717) is 3.57 Å². The molecule has 0 aliphatic heterocycles. The number of halogens is 1. The molecule has 0 saturated carbocycles. The first-order chi connectivity index (χ1) is 8.58. The van der Waals surface area contributed by atoms with Crippen molar-refractivity contribution in [2.24, 2.45) is 5.41 Å². The van der Waals surface area contributed by atoms with Crippen molar-refractivity contribution in [3.05, 3.63) is 26.4 Å². The lowest BCUT2D eigenvalue weighted by molar-refractivity contribution is 0.227. The van der Waals surface area contributed by atoms with Crippen molar-refractivity contribution in [3.63, 3.8) is 0 Å². The summed E-state index contributed by atoms with van der Waals surface area (Å²) in [5.41, 5.74) is 0.173. The lowest BCUT2D eigenvalue weighted by Gasteiger charge is -2.32. The molecule has 0 unspecified atom stereocenters. The van der Waals surface area contributed by atoms with E-state index >= 15 is 0 Å². The molecular formula is C13H21IN2OS. The van der Waals surface area contributed by atoms with Gasteiger partial charge in [-0.05, 0) is 46.6 Å². The van der Waals surface area contributed by atoms with E-state index in [4.69, 9.17) is 0 Å². The van der Waals surface area contributed by atoms with Crippen LogP contribution >= 0.6 is 35.2 Å². The number of hydrogen-bond acceptors (Lipinski definition) is 3. The first-order valence-electron chi connectivity index (χ1n) is 6.39. The fourth-order valence-electron chi connectivity index (χ4n) is 2.45. The van der Waals surface area contributed by atoms with Crippen molar-refractivity contribution in [1.29, 1.82) is 0 Å². The molecule has 0 bridgehead atoms. The van der Waals surface area contributed by atoms with Crippen molar-refractivity contribution >= 4 is 35.2 Å². The van der Waals surface area contributed by atoms with Crippen LogP contribution in [0, 0.1) is 8.99 Å². The maximum Gasteiger partial charge on any atom is 0.266 e. The largest absolute Gasteiger partial charge is 0.298 e. The van der Waals surface area contributed by atoms with Crippen molar-refractivity contribution in [2.45, 2.75) is 46.1 Å². The van der Waals surface area contributed by atoms with E-state index in [1.165, 1.54) is 0 Å². The molecule has 0 fully saturated rings. The highest BCUT2D eigenvalue weighted by atomic mass is 127. The molecule has 0 aliphatic rings. The number of aromatic nitrogens is 2. The van der Waals surface area contributed by atoms with Gasteiger partial charge in [0, 0.05) is 12.7 Å². The second-order valence-electron chi connectivity index (χ2n) is 4.83. The number of hydrogen-bond donors (Lipinski definition) is 1. The van der Waals surface area contributed by atoms with Gasteiger partial charge in [-0.15, -0.1) is 0 Å². The molecule has 0 saturated heterocycles. The van der Waals surface area contributed by atoms with Gasteiger partial charge in [0.2, 0.25) is 0 Å². The summed E-state index contributed by atoms with van der Waals surface area (Å²) in [6.07, 6.45) is 7.69. The van der Waals surface area contributed by atoms with E-state index in [1.807, 2.05) is 22.6 Å². The molecular weight excluding hydrogens is 359 g/mol. The molecule has 1 aromatic rings. The second kappa shape index (κ2) is 7.53. The molecule has 0 amide bonds. The van der Waals surface area contributed by atoms with Crippen LogP contribution in [0.5, 0.6) is 0 Å². The van der Waals surface area contributed by atoms with Crippen LogP contribution in [0.1, 0.15) is 39.5 Å². The number of thiol groups is 1. The van der Waals surface area contributed by atoms with E-state index in [0.717, 1.165) is 38.0 Å². The van der Waals surface area contributed by atoms with Gasteiger partial charge in [0.05, 0.1) is 9.90 Å². The lowest BCUT2D eigenvalue weighted by Crippen LogP contribution is -2.34. The summed E-state index contributed by atoms with van der Waals surface area (Å²) in [5, 5.41) is 0. The van der Waals surface area contributed by atoms with Crippen molar-refractivity contribution in [1.82, 2.24) is 9.55 Å². The van der Waals surface area contributed by atoms with Crippen molar-refractivity contribution < 1.29 is 0 Å². The van der Waals surface area contributed by atoms with Crippen molar-refractivity contribution in [2.75, 3.05) is 5.75 Å². The molecule has 5 heteroatoms. The molecule has 3 nitrogen and oxygen atoms in total. The van der Waals surface area contributed by atoms with Gasteiger partial charge in [-0.3, -0.25) is 9.36 Å². The summed E-state index contributed by atoms with van der Waals surface area (Å²) in [6, 6.07) is 0. The van der Waals surface area contributed by atoms with E-state index in [9.17, 15) is 4.79 Å². The molecule has 0 N–H and O–H groups in total. The van der Waals surface area contributed by atoms with Gasteiger partial charge in [-0.25, -0.2) is 4.98 Å². The fourth-order valence-corrected chi connectivity index (χ4v) is 3.34. The zero-order chi connectivity index (χ0) is 13.6. The Labute approximate surface area is 128 Å². The lowest BCUT2D eigenvalue weighted by atomic mass is 9.81. The van der Waals surface area contributed by atoms with Crippen LogP contribution in [-0.4, -0.2) is 15.3 Å². The topological polar surface area (TPSA) is 34.9 Å². The van der Waals surface area contributed by atoms with Gasteiger partial charge in [0.15, 0.2) is 0 Å². The summed E-state index contributed by atoms with van der Waals surface area (Å²) in [6.45, 7) is 5.09. The van der Waals surface area contributed by atoms with Crippen LogP contribution in [0.4, 0.5) is 0 Å². The first kappa shape index (κ1) is 16.0. The third kappa shape index (κ3) is 3.98. The molecule has 0 aliphatic carbocycles. The maximum atomic E-state index is 12.1. The molecule has 0 radical (unpaired) electrons. The Kier molecular flexibility index (Phi) is 6.70. The minimum absolute atomic E-state index is 0.0592. The quantitative estimate of drug-likeness (QED) is 0.582. The van der Waals surface area contributed by atoms with Gasteiger partial charge < -0.3 is 0 Å². The van der Waals surface area contributed by atoms with Crippen LogP contribution in [0.15, 0.2) is 17.3 Å². The highest BCUT2D eigenvalue weighted by molar-refractivity contribution is 14.1. The molecule has 18 heavy (non-hydrogen) atoms. The molecule has 0 atom stereocenters. The van der Waals surface area contributed by atoms with E-state index in [1.54, 1.807) is 17.1 Å². The average molecular weight is 380 g/mol. The second-order valence-corrected chi connectivity index (χ2v) is 6.31. The first-order valence-corrected chi connectivity index (χ1v) is 8.10. The Morgan fingerprint density at radius 3 is 2.50 bits per heavy atom. The Morgan fingerprint density at radius 1 is 1.39 bits per heavy atom. The van der Waals surface area contributed by atoms with Crippen LogP contribution in [0.2, 0.25) is 0 Å². The standard InChI is InChI=1S/C13H21IN2OS/c1-3-5-13(9-18,6-4-2)8-16-10-15-7-11(14)12(16)17/h7,10,18H,3-6,8-9H2,1-2H3. The Balaban J connectivity index is 3.02. The van der Waals surface area contributed by atoms with Gasteiger partial charge in [-0.2, -0.15) is 12.6 Å². The van der Waals surface area contributed by atoms with E-state index in [-0.39, 0.29) is 11.0 Å². The van der Waals surface area contributed by atoms with E-state index < -0.39 is 0 Å². The maximum absolute atomic E-state index is 12.1. The smallest absolute Gasteiger partial charge is 0.266 e. The molecule has 1 rings (SSSR count). The predicted octanol–water partition coefficient (Wildman–Crippen LogP) is 3.36.